The summed E-state index contributed by atoms with van der Waals surface area (Å²) in [7, 11) is 0. The summed E-state index contributed by atoms with van der Waals surface area (Å²) in [5.74, 6) is 0. The van der Waals surface area contributed by atoms with E-state index >= 15 is 0 Å². The van der Waals surface area contributed by atoms with Gasteiger partial charge in [-0.25, -0.2) is 0 Å². The third kappa shape index (κ3) is 1.62. The Balaban J connectivity index is 2.87. The highest BCUT2D eigenvalue weighted by Crippen LogP contribution is 2.35. The average Bonchev–Trinajstić information content (AvgIpc) is 2.54. The SMILES string of the molecule is CSc1c(C)c(I)cc2ccsc12. The van der Waals surface area contributed by atoms with Crippen molar-refractivity contribution in [1.29, 1.82) is 0 Å². The van der Waals surface area contributed by atoms with E-state index in [2.05, 4.69) is 53.3 Å². The monoisotopic (exact) mass is 320 g/mol. The first-order valence-corrected chi connectivity index (χ1v) is 7.12. The van der Waals surface area contributed by atoms with Crippen LogP contribution in [-0.2, 0) is 0 Å². The quantitative estimate of drug-likeness (QED) is 0.549. The third-order valence-electron chi connectivity index (χ3n) is 2.09. The van der Waals surface area contributed by atoms with Gasteiger partial charge >= 0.3 is 0 Å². The van der Waals surface area contributed by atoms with Gasteiger partial charge in [0.1, 0.15) is 0 Å². The Labute approximate surface area is 99.9 Å². The van der Waals surface area contributed by atoms with Gasteiger partial charge in [0.05, 0.1) is 0 Å². The molecule has 1 heterocycles. The zero-order valence-corrected chi connectivity index (χ0v) is 11.2. The second-order valence-corrected chi connectivity index (χ2v) is 5.75. The normalized spacial score (nSPS) is 11.0. The minimum absolute atomic E-state index is 1.37. The number of fused-ring (bicyclic) bond motifs is 1. The van der Waals surface area contributed by atoms with E-state index in [1.807, 2.05) is 23.1 Å². The molecule has 0 bridgehead atoms. The Kier molecular flexibility index (Phi) is 2.86. The number of hydrogen-bond acceptors (Lipinski definition) is 2. The summed E-state index contributed by atoms with van der Waals surface area (Å²) in [6, 6.07) is 4.46. The van der Waals surface area contributed by atoms with Crippen LogP contribution in [0.1, 0.15) is 5.56 Å². The van der Waals surface area contributed by atoms with E-state index in [-0.39, 0.29) is 0 Å². The van der Waals surface area contributed by atoms with Gasteiger partial charge in [-0.2, -0.15) is 0 Å². The van der Waals surface area contributed by atoms with Gasteiger partial charge in [0.2, 0.25) is 0 Å². The van der Waals surface area contributed by atoms with Gasteiger partial charge in [0.25, 0.3) is 0 Å². The molecule has 0 atom stereocenters. The Morgan fingerprint density at radius 3 is 2.92 bits per heavy atom. The molecule has 0 saturated heterocycles. The summed E-state index contributed by atoms with van der Waals surface area (Å²) in [6.45, 7) is 2.20. The van der Waals surface area contributed by atoms with Crippen LogP contribution < -0.4 is 0 Å². The topological polar surface area (TPSA) is 0 Å². The molecule has 0 aliphatic carbocycles. The maximum absolute atomic E-state index is 2.41. The first kappa shape index (κ1) is 9.80. The number of halogens is 1. The van der Waals surface area contributed by atoms with Gasteiger partial charge in [-0.15, -0.1) is 23.1 Å². The van der Waals surface area contributed by atoms with Crippen LogP contribution >= 0.6 is 45.7 Å². The van der Waals surface area contributed by atoms with Crippen LogP contribution in [-0.4, -0.2) is 6.26 Å². The highest BCUT2D eigenvalue weighted by atomic mass is 127. The van der Waals surface area contributed by atoms with Gasteiger partial charge in [0, 0.05) is 13.2 Å². The zero-order valence-electron chi connectivity index (χ0n) is 7.43. The molecule has 0 spiro atoms. The van der Waals surface area contributed by atoms with Crippen molar-refractivity contribution in [3.63, 3.8) is 0 Å². The Hall–Kier alpha value is 0.260. The Morgan fingerprint density at radius 2 is 2.23 bits per heavy atom. The van der Waals surface area contributed by atoms with Crippen molar-refractivity contribution in [2.75, 3.05) is 6.26 Å². The van der Waals surface area contributed by atoms with E-state index in [9.17, 15) is 0 Å². The number of thioether (sulfide) groups is 1. The summed E-state index contributed by atoms with van der Waals surface area (Å²) in [6.07, 6.45) is 2.15. The molecule has 1 aromatic carbocycles. The summed E-state index contributed by atoms with van der Waals surface area (Å²) in [4.78, 5) is 1.44. The molecule has 0 radical (unpaired) electrons. The van der Waals surface area contributed by atoms with Crippen LogP contribution in [0.15, 0.2) is 22.4 Å². The van der Waals surface area contributed by atoms with Gasteiger partial charge in [0.15, 0.2) is 0 Å². The lowest BCUT2D eigenvalue weighted by Crippen LogP contribution is -1.84. The van der Waals surface area contributed by atoms with E-state index in [1.165, 1.54) is 24.1 Å². The molecular weight excluding hydrogens is 311 g/mol. The van der Waals surface area contributed by atoms with Gasteiger partial charge < -0.3 is 0 Å². The van der Waals surface area contributed by atoms with E-state index < -0.39 is 0 Å². The lowest BCUT2D eigenvalue weighted by atomic mass is 10.2. The molecule has 0 saturated carbocycles. The number of thiophene rings is 1. The third-order valence-corrected chi connectivity index (χ3v) is 5.20. The van der Waals surface area contributed by atoms with Crippen LogP contribution in [0.3, 0.4) is 0 Å². The van der Waals surface area contributed by atoms with Crippen LogP contribution in [0.25, 0.3) is 10.1 Å². The molecule has 1 aromatic heterocycles. The number of rotatable bonds is 1. The minimum atomic E-state index is 1.37. The van der Waals surface area contributed by atoms with Crippen molar-refractivity contribution in [1.82, 2.24) is 0 Å². The second-order valence-electron chi connectivity index (χ2n) is 2.86. The molecule has 2 rings (SSSR count). The maximum Gasteiger partial charge on any atom is 0.0481 e. The van der Waals surface area contributed by atoms with E-state index in [0.29, 0.717) is 0 Å². The minimum Gasteiger partial charge on any atom is -0.143 e. The smallest absolute Gasteiger partial charge is 0.0481 e. The van der Waals surface area contributed by atoms with Gasteiger partial charge in [-0.1, -0.05) is 0 Å². The molecule has 0 nitrogen and oxygen atoms in total. The standard InChI is InChI=1S/C10H9IS2/c1-6-8(11)5-7-3-4-13-10(7)9(6)12-2/h3-5H,1-2H3. The maximum atomic E-state index is 2.41. The molecule has 0 N–H and O–H groups in total. The van der Waals surface area contributed by atoms with E-state index in [4.69, 9.17) is 0 Å². The van der Waals surface area contributed by atoms with Crippen molar-refractivity contribution in [3.05, 3.63) is 26.6 Å². The number of hydrogen-bond donors (Lipinski definition) is 0. The molecule has 0 amide bonds. The van der Waals surface area contributed by atoms with Crippen molar-refractivity contribution >= 4 is 55.8 Å². The molecule has 0 aliphatic rings. The van der Waals surface area contributed by atoms with E-state index in [1.54, 1.807) is 0 Å². The molecule has 2 aromatic rings. The fourth-order valence-electron chi connectivity index (χ4n) is 1.39. The van der Waals surface area contributed by atoms with Crippen LogP contribution in [0.4, 0.5) is 0 Å². The fourth-order valence-corrected chi connectivity index (χ4v) is 4.16. The first-order chi connectivity index (χ1) is 6.24. The Bertz CT molecular complexity index is 445. The summed E-state index contributed by atoms with van der Waals surface area (Å²) in [5, 5.41) is 3.55. The van der Waals surface area contributed by atoms with Crippen molar-refractivity contribution in [3.8, 4) is 0 Å². The van der Waals surface area contributed by atoms with Crippen molar-refractivity contribution in [2.24, 2.45) is 0 Å². The first-order valence-electron chi connectivity index (χ1n) is 3.94. The molecule has 0 fully saturated rings. The highest BCUT2D eigenvalue weighted by molar-refractivity contribution is 14.1. The molecule has 0 aliphatic heterocycles. The highest BCUT2D eigenvalue weighted by Gasteiger charge is 2.08. The largest absolute Gasteiger partial charge is 0.143 e. The predicted octanol–water partition coefficient (Wildman–Crippen LogP) is 4.54. The number of benzene rings is 1. The average molecular weight is 320 g/mol. The lowest BCUT2D eigenvalue weighted by molar-refractivity contribution is 1.34. The molecule has 0 unspecified atom stereocenters. The summed E-state index contributed by atoms with van der Waals surface area (Å²) < 4.78 is 2.80. The van der Waals surface area contributed by atoms with Crippen LogP contribution in [0.5, 0.6) is 0 Å². The Morgan fingerprint density at radius 1 is 1.46 bits per heavy atom. The second kappa shape index (κ2) is 3.79. The molecular formula is C10H9IS2. The molecule has 3 heteroatoms. The summed E-state index contributed by atoms with van der Waals surface area (Å²) in [5.41, 5.74) is 1.42. The molecule has 13 heavy (non-hydrogen) atoms. The summed E-state index contributed by atoms with van der Waals surface area (Å²) >= 11 is 6.10. The predicted molar refractivity (Wildman–Crippen MR) is 71.1 cm³/mol. The van der Waals surface area contributed by atoms with Crippen molar-refractivity contribution in [2.45, 2.75) is 11.8 Å². The van der Waals surface area contributed by atoms with Crippen LogP contribution in [0, 0.1) is 10.5 Å². The fraction of sp³-hybridized carbons (Fsp3) is 0.200. The van der Waals surface area contributed by atoms with Gasteiger partial charge in [-0.05, 0) is 64.2 Å². The van der Waals surface area contributed by atoms with Crippen molar-refractivity contribution < 1.29 is 0 Å². The molecule has 68 valence electrons. The lowest BCUT2D eigenvalue weighted by Gasteiger charge is -2.06. The van der Waals surface area contributed by atoms with Gasteiger partial charge in [-0.3, -0.25) is 0 Å². The van der Waals surface area contributed by atoms with E-state index in [0.717, 1.165) is 0 Å². The van der Waals surface area contributed by atoms with Crippen LogP contribution in [0.2, 0.25) is 0 Å². The zero-order chi connectivity index (χ0) is 9.42.